The number of carbonyl (C=O) groups excluding carboxylic acids is 1. The van der Waals surface area contributed by atoms with Crippen LogP contribution in [0.4, 0.5) is 10.7 Å². The molecule has 3 heterocycles. The number of carbonyl (C=O) groups is 1. The molecule has 1 aliphatic rings. The van der Waals surface area contributed by atoms with Crippen molar-refractivity contribution in [3.8, 4) is 23.3 Å². The average Bonchev–Trinajstić information content (AvgIpc) is 3.39. The lowest BCUT2D eigenvalue weighted by Gasteiger charge is -2.34. The summed E-state index contributed by atoms with van der Waals surface area (Å²) in [6, 6.07) is 18.6. The van der Waals surface area contributed by atoms with E-state index in [4.69, 9.17) is 14.7 Å². The molecule has 0 saturated carbocycles. The maximum absolute atomic E-state index is 12.6. The predicted octanol–water partition coefficient (Wildman–Crippen LogP) is 6.10. The number of nitrogens with one attached hydrogen (secondary N) is 1. The van der Waals surface area contributed by atoms with E-state index < -0.39 is 11.0 Å². The van der Waals surface area contributed by atoms with Gasteiger partial charge in [0.15, 0.2) is 0 Å². The van der Waals surface area contributed by atoms with Crippen LogP contribution in [0, 0.1) is 11.3 Å². The number of fused-ring (bicyclic) bond motifs is 1. The first-order valence-electron chi connectivity index (χ1n) is 13.6. The molecule has 0 bridgehead atoms. The number of nitrogens with zero attached hydrogens (tertiary/aromatic N) is 6. The second-order valence-corrected chi connectivity index (χ2v) is 11.7. The van der Waals surface area contributed by atoms with Crippen LogP contribution in [0.15, 0.2) is 60.9 Å². The van der Waals surface area contributed by atoms with E-state index in [2.05, 4.69) is 40.6 Å². The molecule has 0 aliphatic carbocycles. The average molecular weight is 538 g/mol. The van der Waals surface area contributed by atoms with Gasteiger partial charge in [0.2, 0.25) is 5.95 Å². The summed E-state index contributed by atoms with van der Waals surface area (Å²) in [5, 5.41) is 15.6. The highest BCUT2D eigenvalue weighted by molar-refractivity contribution is 5.86. The molecular weight excluding hydrogens is 502 g/mol. The van der Waals surface area contributed by atoms with E-state index >= 15 is 0 Å². The van der Waals surface area contributed by atoms with E-state index in [-0.39, 0.29) is 12.1 Å². The number of benzene rings is 2. The summed E-state index contributed by atoms with van der Waals surface area (Å²) >= 11 is 0. The lowest BCUT2D eigenvalue weighted by molar-refractivity contribution is 0.0206. The van der Waals surface area contributed by atoms with Crippen LogP contribution in [0.1, 0.15) is 53.2 Å². The molecule has 0 radical (unpaired) electrons. The summed E-state index contributed by atoms with van der Waals surface area (Å²) in [7, 11) is 0. The van der Waals surface area contributed by atoms with Crippen molar-refractivity contribution < 1.29 is 9.53 Å². The van der Waals surface area contributed by atoms with Crippen LogP contribution in [-0.2, 0) is 10.2 Å². The van der Waals surface area contributed by atoms with E-state index in [1.165, 1.54) is 0 Å². The summed E-state index contributed by atoms with van der Waals surface area (Å²) in [6.45, 7) is 10.5. The Labute approximate surface area is 234 Å². The summed E-state index contributed by atoms with van der Waals surface area (Å²) in [6.07, 6.45) is 4.88. The van der Waals surface area contributed by atoms with E-state index in [1.807, 2.05) is 63.5 Å². The van der Waals surface area contributed by atoms with Crippen LogP contribution in [0.25, 0.3) is 28.0 Å². The van der Waals surface area contributed by atoms with Crippen LogP contribution in [0.2, 0.25) is 0 Å². The highest BCUT2D eigenvalue weighted by Gasteiger charge is 2.30. The summed E-state index contributed by atoms with van der Waals surface area (Å²) in [5.74, 6) is 1.76. The van der Waals surface area contributed by atoms with E-state index in [0.717, 1.165) is 34.9 Å². The van der Waals surface area contributed by atoms with Crippen molar-refractivity contribution in [2.45, 2.75) is 64.5 Å². The topological polar surface area (TPSA) is 109 Å². The van der Waals surface area contributed by atoms with E-state index in [9.17, 15) is 10.1 Å². The minimum absolute atomic E-state index is 0.0192. The van der Waals surface area contributed by atoms with Crippen LogP contribution in [-0.4, -0.2) is 55.2 Å². The first-order valence-corrected chi connectivity index (χ1v) is 13.6. The molecule has 1 N–H and O–H groups in total. The Kier molecular flexibility index (Phi) is 7.19. The summed E-state index contributed by atoms with van der Waals surface area (Å²) < 4.78 is 7.51. The molecule has 1 fully saturated rings. The smallest absolute Gasteiger partial charge is 0.410 e. The number of imidazole rings is 1. The van der Waals surface area contributed by atoms with Gasteiger partial charge in [-0.05, 0) is 70.4 Å². The van der Waals surface area contributed by atoms with Crippen LogP contribution in [0.5, 0.6) is 0 Å². The highest BCUT2D eigenvalue weighted by atomic mass is 16.6. The van der Waals surface area contributed by atoms with Crippen molar-refractivity contribution in [1.82, 2.24) is 24.4 Å². The number of hydrogen-bond acceptors (Lipinski definition) is 7. The molecule has 0 spiro atoms. The Morgan fingerprint density at radius 3 is 2.60 bits per heavy atom. The fourth-order valence-corrected chi connectivity index (χ4v) is 4.93. The summed E-state index contributed by atoms with van der Waals surface area (Å²) in [4.78, 5) is 28.5. The molecule has 5 rings (SSSR count). The Hall–Kier alpha value is -4.45. The molecule has 9 nitrogen and oxygen atoms in total. The lowest BCUT2D eigenvalue weighted by Crippen LogP contribution is -2.47. The molecular formula is C31H35N7O2. The van der Waals surface area contributed by atoms with Crippen molar-refractivity contribution >= 4 is 22.8 Å². The lowest BCUT2D eigenvalue weighted by atomic mass is 9.91. The van der Waals surface area contributed by atoms with Crippen molar-refractivity contribution in [1.29, 1.82) is 5.26 Å². The normalized spacial score (nSPS) is 16.0. The SMILES string of the molecule is CC(C)(C)OC(=O)N1CCC[C@H](Nc2nccc(-n3c(C(C)(C)C#N)cnc3-c3ccc4ccccc4c3)n2)C1. The second kappa shape index (κ2) is 10.6. The third kappa shape index (κ3) is 5.76. The molecule has 40 heavy (non-hydrogen) atoms. The van der Waals surface area contributed by atoms with Gasteiger partial charge in [-0.1, -0.05) is 36.4 Å². The number of hydrogen-bond donors (Lipinski definition) is 1. The number of anilines is 1. The van der Waals surface area contributed by atoms with Gasteiger partial charge >= 0.3 is 6.09 Å². The number of ether oxygens (including phenoxy) is 1. The summed E-state index contributed by atoms with van der Waals surface area (Å²) in [5.41, 5.74) is 0.304. The number of likely N-dealkylation sites (tertiary alicyclic amines) is 1. The zero-order chi connectivity index (χ0) is 28.5. The Bertz CT molecular complexity index is 1580. The molecule has 4 aromatic rings. The van der Waals surface area contributed by atoms with Gasteiger partial charge in [-0.15, -0.1) is 0 Å². The second-order valence-electron chi connectivity index (χ2n) is 11.7. The fourth-order valence-electron chi connectivity index (χ4n) is 4.93. The third-order valence-electron chi connectivity index (χ3n) is 6.97. The van der Waals surface area contributed by atoms with Crippen LogP contribution >= 0.6 is 0 Å². The zero-order valence-corrected chi connectivity index (χ0v) is 23.7. The maximum Gasteiger partial charge on any atom is 0.410 e. The number of nitriles is 1. The Balaban J connectivity index is 1.47. The van der Waals surface area contributed by atoms with E-state index in [1.54, 1.807) is 17.3 Å². The number of piperidine rings is 1. The minimum Gasteiger partial charge on any atom is -0.444 e. The predicted molar refractivity (Wildman–Crippen MR) is 155 cm³/mol. The largest absolute Gasteiger partial charge is 0.444 e. The Morgan fingerprint density at radius 2 is 1.85 bits per heavy atom. The molecule has 0 unspecified atom stereocenters. The first kappa shape index (κ1) is 27.1. The molecule has 2 aromatic carbocycles. The minimum atomic E-state index is -0.808. The number of rotatable bonds is 5. The quantitative estimate of drug-likeness (QED) is 0.328. The molecule has 1 saturated heterocycles. The van der Waals surface area contributed by atoms with Crippen molar-refractivity contribution in [3.63, 3.8) is 0 Å². The van der Waals surface area contributed by atoms with Crippen molar-refractivity contribution in [3.05, 3.63) is 66.6 Å². The molecule has 1 amide bonds. The highest BCUT2D eigenvalue weighted by Crippen LogP contribution is 2.32. The number of amides is 1. The van der Waals surface area contributed by atoms with Gasteiger partial charge in [-0.25, -0.2) is 14.8 Å². The van der Waals surface area contributed by atoms with Crippen molar-refractivity contribution in [2.75, 3.05) is 18.4 Å². The van der Waals surface area contributed by atoms with Gasteiger partial charge in [0.05, 0.1) is 23.4 Å². The monoisotopic (exact) mass is 537 g/mol. The third-order valence-corrected chi connectivity index (χ3v) is 6.97. The van der Waals surface area contributed by atoms with Crippen molar-refractivity contribution in [2.24, 2.45) is 0 Å². The standard InChI is InChI=1S/C31H35N7O2/c1-30(2,3)40-29(39)37-16-8-11-24(19-37)35-28-33-15-14-26(36-28)38-25(31(4,5)20-32)18-34-27(38)23-13-12-21-9-6-7-10-22(21)17-23/h6-7,9-10,12-15,17-18,24H,8,11,16,19H2,1-5H3,(H,33,35,36)/t24-/m0/s1. The molecule has 2 aromatic heterocycles. The Morgan fingerprint density at radius 1 is 1.07 bits per heavy atom. The van der Waals surface area contributed by atoms with Crippen LogP contribution in [0.3, 0.4) is 0 Å². The van der Waals surface area contributed by atoms with Gasteiger partial charge in [0.1, 0.15) is 17.2 Å². The molecule has 9 heteroatoms. The van der Waals surface area contributed by atoms with Gasteiger partial charge in [-0.2, -0.15) is 10.2 Å². The van der Waals surface area contributed by atoms with Gasteiger partial charge in [-0.3, -0.25) is 4.57 Å². The van der Waals surface area contributed by atoms with Gasteiger partial charge in [0, 0.05) is 30.9 Å². The fraction of sp³-hybridized carbons (Fsp3) is 0.387. The zero-order valence-electron chi connectivity index (χ0n) is 23.7. The maximum atomic E-state index is 12.6. The number of aromatic nitrogens is 4. The first-order chi connectivity index (χ1) is 19.0. The molecule has 206 valence electrons. The van der Waals surface area contributed by atoms with E-state index in [0.29, 0.717) is 30.7 Å². The van der Waals surface area contributed by atoms with Gasteiger partial charge in [0.25, 0.3) is 0 Å². The van der Waals surface area contributed by atoms with Crippen LogP contribution < -0.4 is 5.32 Å². The van der Waals surface area contributed by atoms with Gasteiger partial charge < -0.3 is 15.0 Å². The molecule has 1 atom stereocenters. The molecule has 1 aliphatic heterocycles.